The standard InChI is InChI=1S/C26H21FN2O2/c1-17-6-11-20(27)16-23(17)26(30)28-21-12-7-18(8-13-21)24-4-3-5-25(29-24)19-9-14-22(31-2)15-10-19/h3-16H,1-2H3,(H,28,30). The number of pyridine rings is 1. The molecule has 0 aliphatic heterocycles. The lowest BCUT2D eigenvalue weighted by Crippen LogP contribution is -2.13. The van der Waals surface area contributed by atoms with Gasteiger partial charge in [-0.05, 0) is 73.2 Å². The lowest BCUT2D eigenvalue weighted by Gasteiger charge is -2.09. The number of benzene rings is 3. The summed E-state index contributed by atoms with van der Waals surface area (Å²) >= 11 is 0. The summed E-state index contributed by atoms with van der Waals surface area (Å²) in [6, 6.07) is 25.2. The molecule has 0 unspecified atom stereocenters. The smallest absolute Gasteiger partial charge is 0.256 e. The van der Waals surface area contributed by atoms with Crippen LogP contribution in [0.15, 0.2) is 84.9 Å². The summed E-state index contributed by atoms with van der Waals surface area (Å²) in [6.45, 7) is 1.78. The Morgan fingerprint density at radius 2 is 1.48 bits per heavy atom. The lowest BCUT2D eigenvalue weighted by atomic mass is 10.1. The zero-order valence-corrected chi connectivity index (χ0v) is 17.2. The average molecular weight is 412 g/mol. The first kappa shape index (κ1) is 20.3. The van der Waals surface area contributed by atoms with Crippen LogP contribution in [-0.2, 0) is 0 Å². The highest BCUT2D eigenvalue weighted by Crippen LogP contribution is 2.25. The number of anilines is 1. The molecular weight excluding hydrogens is 391 g/mol. The van der Waals surface area contributed by atoms with Crippen LogP contribution in [0, 0.1) is 12.7 Å². The number of carbonyl (C=O) groups excluding carboxylic acids is 1. The number of aryl methyl sites for hydroxylation is 1. The molecule has 154 valence electrons. The Labute approximate surface area is 180 Å². The maximum absolute atomic E-state index is 13.5. The third kappa shape index (κ3) is 4.61. The molecule has 4 aromatic rings. The molecule has 0 saturated carbocycles. The van der Waals surface area contributed by atoms with E-state index in [1.165, 1.54) is 12.1 Å². The number of hydrogen-bond donors (Lipinski definition) is 1. The van der Waals surface area contributed by atoms with E-state index in [-0.39, 0.29) is 5.91 Å². The molecule has 0 spiro atoms. The van der Waals surface area contributed by atoms with Crippen molar-refractivity contribution in [1.82, 2.24) is 4.98 Å². The van der Waals surface area contributed by atoms with E-state index < -0.39 is 5.82 Å². The predicted octanol–water partition coefficient (Wildman–Crippen LogP) is 6.12. The van der Waals surface area contributed by atoms with Crippen molar-refractivity contribution < 1.29 is 13.9 Å². The van der Waals surface area contributed by atoms with Gasteiger partial charge in [0.2, 0.25) is 0 Å². The van der Waals surface area contributed by atoms with Gasteiger partial charge in [-0.2, -0.15) is 0 Å². The maximum Gasteiger partial charge on any atom is 0.256 e. The molecule has 0 saturated heterocycles. The number of aromatic nitrogens is 1. The van der Waals surface area contributed by atoms with E-state index >= 15 is 0 Å². The van der Waals surface area contributed by atoms with Gasteiger partial charge in [-0.1, -0.05) is 24.3 Å². The zero-order chi connectivity index (χ0) is 21.8. The second kappa shape index (κ2) is 8.79. The highest BCUT2D eigenvalue weighted by Gasteiger charge is 2.11. The lowest BCUT2D eigenvalue weighted by molar-refractivity contribution is 0.102. The monoisotopic (exact) mass is 412 g/mol. The quantitative estimate of drug-likeness (QED) is 0.429. The molecular formula is C26H21FN2O2. The van der Waals surface area contributed by atoms with Gasteiger partial charge in [0.25, 0.3) is 5.91 Å². The Kier molecular flexibility index (Phi) is 5.76. The summed E-state index contributed by atoms with van der Waals surface area (Å²) in [5, 5.41) is 2.82. The number of nitrogens with one attached hydrogen (secondary N) is 1. The molecule has 1 N–H and O–H groups in total. The molecule has 1 amide bonds. The van der Waals surface area contributed by atoms with Crippen molar-refractivity contribution in [2.24, 2.45) is 0 Å². The van der Waals surface area contributed by atoms with Gasteiger partial charge in [-0.15, -0.1) is 0 Å². The van der Waals surface area contributed by atoms with Gasteiger partial charge >= 0.3 is 0 Å². The highest BCUT2D eigenvalue weighted by atomic mass is 19.1. The van der Waals surface area contributed by atoms with Crippen molar-refractivity contribution in [2.45, 2.75) is 6.92 Å². The minimum absolute atomic E-state index is 0.318. The molecule has 4 nitrogen and oxygen atoms in total. The van der Waals surface area contributed by atoms with Crippen LogP contribution in [0.3, 0.4) is 0 Å². The SMILES string of the molecule is COc1ccc(-c2cccc(-c3ccc(NC(=O)c4cc(F)ccc4C)cc3)n2)cc1. The molecule has 0 radical (unpaired) electrons. The fourth-order valence-corrected chi connectivity index (χ4v) is 3.28. The minimum atomic E-state index is -0.436. The third-order valence-corrected chi connectivity index (χ3v) is 5.02. The molecule has 4 rings (SSSR count). The predicted molar refractivity (Wildman–Crippen MR) is 121 cm³/mol. The summed E-state index contributed by atoms with van der Waals surface area (Å²) in [7, 11) is 1.64. The van der Waals surface area contributed by atoms with Gasteiger partial charge in [0.15, 0.2) is 0 Å². The normalized spacial score (nSPS) is 10.5. The molecule has 1 heterocycles. The Morgan fingerprint density at radius 1 is 0.871 bits per heavy atom. The van der Waals surface area contributed by atoms with Crippen molar-refractivity contribution in [2.75, 3.05) is 12.4 Å². The van der Waals surface area contributed by atoms with Crippen molar-refractivity contribution >= 4 is 11.6 Å². The van der Waals surface area contributed by atoms with E-state index in [2.05, 4.69) is 5.32 Å². The van der Waals surface area contributed by atoms with Crippen molar-refractivity contribution in [1.29, 1.82) is 0 Å². The van der Waals surface area contributed by atoms with Gasteiger partial charge in [-0.25, -0.2) is 9.37 Å². The topological polar surface area (TPSA) is 51.2 Å². The molecule has 0 aliphatic rings. The second-order valence-corrected chi connectivity index (χ2v) is 7.13. The highest BCUT2D eigenvalue weighted by molar-refractivity contribution is 6.05. The van der Waals surface area contributed by atoms with Crippen LogP contribution in [0.25, 0.3) is 22.5 Å². The summed E-state index contributed by atoms with van der Waals surface area (Å²) in [5.74, 6) is 0.0178. The number of rotatable bonds is 5. The fraction of sp³-hybridized carbons (Fsp3) is 0.0769. The van der Waals surface area contributed by atoms with Gasteiger partial charge in [0.1, 0.15) is 11.6 Å². The van der Waals surface area contributed by atoms with Crippen molar-refractivity contribution in [3.63, 3.8) is 0 Å². The van der Waals surface area contributed by atoms with E-state index in [0.29, 0.717) is 11.3 Å². The van der Waals surface area contributed by atoms with Crippen LogP contribution in [0.4, 0.5) is 10.1 Å². The first-order valence-electron chi connectivity index (χ1n) is 9.83. The molecule has 31 heavy (non-hydrogen) atoms. The van der Waals surface area contributed by atoms with Crippen LogP contribution in [0.5, 0.6) is 5.75 Å². The van der Waals surface area contributed by atoms with E-state index in [1.807, 2.05) is 66.7 Å². The number of ether oxygens (including phenoxy) is 1. The molecule has 0 fully saturated rings. The number of carbonyl (C=O) groups is 1. The van der Waals surface area contributed by atoms with Crippen molar-refractivity contribution in [3.8, 4) is 28.3 Å². The average Bonchev–Trinajstić information content (AvgIpc) is 2.81. The Morgan fingerprint density at radius 3 is 2.10 bits per heavy atom. The van der Waals surface area contributed by atoms with Gasteiger partial charge < -0.3 is 10.1 Å². The first-order chi connectivity index (χ1) is 15.0. The van der Waals surface area contributed by atoms with Gasteiger partial charge in [-0.3, -0.25) is 4.79 Å². The van der Waals surface area contributed by atoms with Crippen LogP contribution in [0.2, 0.25) is 0 Å². The van der Waals surface area contributed by atoms with Gasteiger partial charge in [0.05, 0.1) is 18.5 Å². The van der Waals surface area contributed by atoms with E-state index in [1.54, 1.807) is 20.1 Å². The number of amides is 1. The van der Waals surface area contributed by atoms with Crippen LogP contribution in [-0.4, -0.2) is 18.0 Å². The molecule has 0 bridgehead atoms. The third-order valence-electron chi connectivity index (χ3n) is 5.02. The van der Waals surface area contributed by atoms with E-state index in [9.17, 15) is 9.18 Å². The molecule has 0 aliphatic carbocycles. The van der Waals surface area contributed by atoms with E-state index in [0.717, 1.165) is 33.8 Å². The van der Waals surface area contributed by atoms with Crippen LogP contribution in [0.1, 0.15) is 15.9 Å². The minimum Gasteiger partial charge on any atom is -0.497 e. The summed E-state index contributed by atoms with van der Waals surface area (Å²) < 4.78 is 18.7. The summed E-state index contributed by atoms with van der Waals surface area (Å²) in [6.07, 6.45) is 0. The molecule has 0 atom stereocenters. The maximum atomic E-state index is 13.5. The fourth-order valence-electron chi connectivity index (χ4n) is 3.28. The van der Waals surface area contributed by atoms with E-state index in [4.69, 9.17) is 9.72 Å². The Balaban J connectivity index is 1.53. The molecule has 1 aromatic heterocycles. The van der Waals surface area contributed by atoms with Crippen LogP contribution < -0.4 is 10.1 Å². The molecule has 5 heteroatoms. The molecule has 3 aromatic carbocycles. The summed E-state index contributed by atoms with van der Waals surface area (Å²) in [4.78, 5) is 17.2. The van der Waals surface area contributed by atoms with Crippen molar-refractivity contribution in [3.05, 3.63) is 102 Å². The number of hydrogen-bond acceptors (Lipinski definition) is 3. The number of nitrogens with zero attached hydrogens (tertiary/aromatic N) is 1. The Hall–Kier alpha value is -3.99. The first-order valence-corrected chi connectivity index (χ1v) is 9.83. The Bertz CT molecular complexity index is 1220. The number of methoxy groups -OCH3 is 1. The number of halogens is 1. The second-order valence-electron chi connectivity index (χ2n) is 7.13. The van der Waals surface area contributed by atoms with Crippen LogP contribution >= 0.6 is 0 Å². The van der Waals surface area contributed by atoms with Gasteiger partial charge in [0, 0.05) is 22.4 Å². The largest absolute Gasteiger partial charge is 0.497 e. The summed E-state index contributed by atoms with van der Waals surface area (Å²) in [5.41, 5.74) is 5.27. The zero-order valence-electron chi connectivity index (χ0n) is 17.2.